The minimum Gasteiger partial charge on any atom is -0.506 e. The molecule has 4 heteroatoms. The number of phenols is 3. The maximum Gasteiger partial charge on any atom is 0.176 e. The van der Waals surface area contributed by atoms with E-state index in [-0.39, 0.29) is 22.8 Å². The van der Waals surface area contributed by atoms with Crippen LogP contribution in [-0.2, 0) is 6.42 Å². The molecular formula is C42H38O3S. The van der Waals surface area contributed by atoms with E-state index >= 15 is 0 Å². The van der Waals surface area contributed by atoms with Crippen molar-refractivity contribution >= 4 is 53.9 Å². The molecule has 1 aromatic heterocycles. The standard InChI is InChI=1S/C42H38O3S/c1-6-9-18-30-26(5)34(24-28-17-10-11-19-29(28)25(4)27(8-3)16-7-2)31-20-12-13-21-32(31)36(30)38-39(43)37-33-22-14-15-23-35(33)46-42(37)41(45)40(38)44/h6-7,9-23,43-45H,1,8,24H2,2-5H3/b16-7-,18-9-,27-25+. The number of thiophene rings is 1. The smallest absolute Gasteiger partial charge is 0.176 e. The van der Waals surface area contributed by atoms with Crippen LogP contribution >= 0.6 is 11.3 Å². The van der Waals surface area contributed by atoms with Gasteiger partial charge in [-0.1, -0.05) is 111 Å². The van der Waals surface area contributed by atoms with E-state index in [0.717, 1.165) is 44.0 Å². The summed E-state index contributed by atoms with van der Waals surface area (Å²) >= 11 is 1.35. The van der Waals surface area contributed by atoms with Crippen LogP contribution in [0.15, 0.2) is 109 Å². The summed E-state index contributed by atoms with van der Waals surface area (Å²) in [4.78, 5) is 0. The molecule has 46 heavy (non-hydrogen) atoms. The van der Waals surface area contributed by atoms with E-state index in [1.165, 1.54) is 33.6 Å². The molecule has 1 heterocycles. The van der Waals surface area contributed by atoms with Crippen molar-refractivity contribution in [1.29, 1.82) is 0 Å². The number of allylic oxidation sites excluding steroid dienone is 6. The van der Waals surface area contributed by atoms with Crippen molar-refractivity contribution in [1.82, 2.24) is 0 Å². The number of hydrogen-bond acceptors (Lipinski definition) is 4. The summed E-state index contributed by atoms with van der Waals surface area (Å²) in [6.07, 6.45) is 11.5. The number of rotatable bonds is 8. The highest BCUT2D eigenvalue weighted by atomic mass is 32.1. The third kappa shape index (κ3) is 5.09. The first-order valence-electron chi connectivity index (χ1n) is 15.6. The Bertz CT molecular complexity index is 2240. The highest BCUT2D eigenvalue weighted by Crippen LogP contribution is 2.56. The lowest BCUT2D eigenvalue weighted by Crippen LogP contribution is -2.02. The van der Waals surface area contributed by atoms with Gasteiger partial charge in [-0.3, -0.25) is 0 Å². The van der Waals surface area contributed by atoms with Crippen LogP contribution in [0.2, 0.25) is 0 Å². The number of aromatic hydroxyl groups is 3. The predicted octanol–water partition coefficient (Wildman–Crippen LogP) is 11.8. The SMILES string of the molecule is C=C/C=C\c1c(C)c(Cc2ccccc2/C(C)=C(/C=C\C)CC)c2ccccc2c1-c1c(O)c(O)c2sc3ccccc3c2c1O. The molecule has 0 atom stereocenters. The number of hydrogen-bond donors (Lipinski definition) is 3. The summed E-state index contributed by atoms with van der Waals surface area (Å²) in [5.41, 5.74) is 8.97. The highest BCUT2D eigenvalue weighted by Gasteiger charge is 2.28. The van der Waals surface area contributed by atoms with E-state index in [4.69, 9.17) is 0 Å². The van der Waals surface area contributed by atoms with E-state index in [0.29, 0.717) is 22.1 Å². The Balaban J connectivity index is 1.69. The van der Waals surface area contributed by atoms with Gasteiger partial charge in [-0.2, -0.15) is 0 Å². The van der Waals surface area contributed by atoms with Gasteiger partial charge >= 0.3 is 0 Å². The Morgan fingerprint density at radius 2 is 1.50 bits per heavy atom. The normalized spacial score (nSPS) is 12.6. The lowest BCUT2D eigenvalue weighted by Gasteiger charge is -2.22. The number of benzene rings is 5. The summed E-state index contributed by atoms with van der Waals surface area (Å²) in [5.74, 6) is -0.600. The largest absolute Gasteiger partial charge is 0.506 e. The summed E-state index contributed by atoms with van der Waals surface area (Å²) in [6.45, 7) is 12.5. The fourth-order valence-electron chi connectivity index (χ4n) is 6.79. The molecule has 0 bridgehead atoms. The van der Waals surface area contributed by atoms with E-state index in [1.807, 2.05) is 54.6 Å². The monoisotopic (exact) mass is 622 g/mol. The van der Waals surface area contributed by atoms with E-state index in [9.17, 15) is 15.3 Å². The molecule has 0 unspecified atom stereocenters. The van der Waals surface area contributed by atoms with Gasteiger partial charge in [0.1, 0.15) is 5.75 Å². The molecule has 0 spiro atoms. The zero-order valence-electron chi connectivity index (χ0n) is 26.7. The van der Waals surface area contributed by atoms with Gasteiger partial charge in [0.25, 0.3) is 0 Å². The molecule has 0 amide bonds. The van der Waals surface area contributed by atoms with Crippen molar-refractivity contribution in [2.75, 3.05) is 0 Å². The van der Waals surface area contributed by atoms with E-state index in [1.54, 1.807) is 6.08 Å². The fourth-order valence-corrected chi connectivity index (χ4v) is 7.94. The Labute approximate surface area is 274 Å². The second-order valence-electron chi connectivity index (χ2n) is 11.6. The highest BCUT2D eigenvalue weighted by molar-refractivity contribution is 7.26. The minimum absolute atomic E-state index is 0.0458. The molecule has 3 N–H and O–H groups in total. The van der Waals surface area contributed by atoms with Crippen LogP contribution in [0.25, 0.3) is 53.7 Å². The van der Waals surface area contributed by atoms with Gasteiger partial charge in [-0.15, -0.1) is 11.3 Å². The van der Waals surface area contributed by atoms with Crippen LogP contribution in [0.5, 0.6) is 17.2 Å². The molecule has 0 radical (unpaired) electrons. The average molecular weight is 623 g/mol. The molecule has 6 rings (SSSR count). The third-order valence-electron chi connectivity index (χ3n) is 9.06. The molecule has 0 saturated carbocycles. The molecule has 0 aliphatic rings. The van der Waals surface area contributed by atoms with Crippen molar-refractivity contribution in [3.05, 3.63) is 137 Å². The van der Waals surface area contributed by atoms with Crippen LogP contribution in [0.4, 0.5) is 0 Å². The van der Waals surface area contributed by atoms with Crippen molar-refractivity contribution in [3.8, 4) is 28.4 Å². The van der Waals surface area contributed by atoms with Crippen molar-refractivity contribution in [2.24, 2.45) is 0 Å². The van der Waals surface area contributed by atoms with Gasteiger partial charge in [0.2, 0.25) is 0 Å². The molecule has 0 fully saturated rings. The number of phenolic OH excluding ortho intramolecular Hbond substituents is 3. The Hall–Kier alpha value is -5.06. The molecule has 230 valence electrons. The molecule has 0 saturated heterocycles. The maximum atomic E-state index is 12.0. The zero-order valence-corrected chi connectivity index (χ0v) is 27.5. The topological polar surface area (TPSA) is 60.7 Å². The quantitative estimate of drug-likeness (QED) is 0.0899. The second kappa shape index (κ2) is 12.7. The predicted molar refractivity (Wildman–Crippen MR) is 198 cm³/mol. The second-order valence-corrected chi connectivity index (χ2v) is 12.6. The van der Waals surface area contributed by atoms with Gasteiger partial charge < -0.3 is 15.3 Å². The number of fused-ring (bicyclic) bond motifs is 4. The molecule has 3 nitrogen and oxygen atoms in total. The Kier molecular flexibility index (Phi) is 8.57. The van der Waals surface area contributed by atoms with Crippen LogP contribution in [-0.4, -0.2) is 15.3 Å². The van der Waals surface area contributed by atoms with Crippen molar-refractivity contribution in [3.63, 3.8) is 0 Å². The van der Waals surface area contributed by atoms with Gasteiger partial charge in [0.15, 0.2) is 11.5 Å². The summed E-state index contributed by atoms with van der Waals surface area (Å²) in [5, 5.41) is 38.3. The third-order valence-corrected chi connectivity index (χ3v) is 10.2. The maximum absolute atomic E-state index is 12.0. The first kappa shape index (κ1) is 30.9. The van der Waals surface area contributed by atoms with Gasteiger partial charge in [0.05, 0.1) is 10.3 Å². The van der Waals surface area contributed by atoms with Crippen LogP contribution < -0.4 is 0 Å². The first-order valence-corrected chi connectivity index (χ1v) is 16.5. The van der Waals surface area contributed by atoms with E-state index < -0.39 is 0 Å². The zero-order chi connectivity index (χ0) is 32.5. The molecule has 0 aliphatic carbocycles. The average Bonchev–Trinajstić information content (AvgIpc) is 3.47. The van der Waals surface area contributed by atoms with Crippen LogP contribution in [0.1, 0.15) is 55.0 Å². The fraction of sp³-hybridized carbons (Fsp3) is 0.143. The van der Waals surface area contributed by atoms with Crippen LogP contribution in [0.3, 0.4) is 0 Å². The molecule has 5 aromatic carbocycles. The van der Waals surface area contributed by atoms with Crippen LogP contribution in [0, 0.1) is 6.92 Å². The minimum atomic E-state index is -0.329. The van der Waals surface area contributed by atoms with Crippen molar-refractivity contribution < 1.29 is 15.3 Å². The summed E-state index contributed by atoms with van der Waals surface area (Å²) in [7, 11) is 0. The summed E-state index contributed by atoms with van der Waals surface area (Å²) < 4.78 is 1.39. The van der Waals surface area contributed by atoms with Gasteiger partial charge in [-0.25, -0.2) is 0 Å². The van der Waals surface area contributed by atoms with Gasteiger partial charge in [0, 0.05) is 21.0 Å². The molecular weight excluding hydrogens is 585 g/mol. The molecule has 6 aromatic rings. The lowest BCUT2D eigenvalue weighted by molar-refractivity contribution is 0.405. The van der Waals surface area contributed by atoms with Gasteiger partial charge in [-0.05, 0) is 89.4 Å². The lowest BCUT2D eigenvalue weighted by atomic mass is 9.82. The molecule has 0 aliphatic heterocycles. The first-order chi connectivity index (χ1) is 22.3. The Morgan fingerprint density at radius 3 is 2.22 bits per heavy atom. The Morgan fingerprint density at radius 1 is 0.826 bits per heavy atom. The van der Waals surface area contributed by atoms with E-state index in [2.05, 4.69) is 76.8 Å². The summed E-state index contributed by atoms with van der Waals surface area (Å²) in [6, 6.07) is 24.5. The van der Waals surface area contributed by atoms with Crippen molar-refractivity contribution in [2.45, 2.75) is 40.5 Å².